The first-order chi connectivity index (χ1) is 12.0. The van der Waals surface area contributed by atoms with Crippen molar-refractivity contribution in [1.82, 2.24) is 15.3 Å². The molecule has 0 spiro atoms. The van der Waals surface area contributed by atoms with Crippen LogP contribution in [0.15, 0.2) is 59.1 Å². The topological polar surface area (TPSA) is 105 Å². The van der Waals surface area contributed by atoms with Crippen molar-refractivity contribution >= 4 is 11.9 Å². The van der Waals surface area contributed by atoms with Crippen LogP contribution in [0, 0.1) is 0 Å². The minimum atomic E-state index is -1.19. The SMILES string of the molecule is CC(NC(=O)c1cccc(C(=O)O)n1)c1ncc(-c2ccccc2)o1. The van der Waals surface area contributed by atoms with Gasteiger partial charge in [0.1, 0.15) is 17.4 Å². The summed E-state index contributed by atoms with van der Waals surface area (Å²) < 4.78 is 5.69. The molecule has 7 nitrogen and oxygen atoms in total. The number of benzene rings is 1. The van der Waals surface area contributed by atoms with E-state index in [-0.39, 0.29) is 11.4 Å². The maximum Gasteiger partial charge on any atom is 0.354 e. The Morgan fingerprint density at radius 3 is 2.52 bits per heavy atom. The van der Waals surface area contributed by atoms with Gasteiger partial charge in [0.25, 0.3) is 5.91 Å². The number of pyridine rings is 1. The lowest BCUT2D eigenvalue weighted by Gasteiger charge is -2.10. The van der Waals surface area contributed by atoms with E-state index in [0.717, 1.165) is 5.56 Å². The molecule has 1 aromatic carbocycles. The van der Waals surface area contributed by atoms with Crippen LogP contribution < -0.4 is 5.32 Å². The van der Waals surface area contributed by atoms with Crippen LogP contribution in [0.3, 0.4) is 0 Å². The van der Waals surface area contributed by atoms with E-state index in [0.29, 0.717) is 11.7 Å². The highest BCUT2D eigenvalue weighted by Gasteiger charge is 2.18. The molecule has 2 aromatic heterocycles. The number of oxazole rings is 1. The van der Waals surface area contributed by atoms with E-state index < -0.39 is 17.9 Å². The molecule has 2 heterocycles. The van der Waals surface area contributed by atoms with E-state index in [4.69, 9.17) is 9.52 Å². The summed E-state index contributed by atoms with van der Waals surface area (Å²) in [6.07, 6.45) is 1.59. The van der Waals surface area contributed by atoms with Crippen LogP contribution in [0.25, 0.3) is 11.3 Å². The third-order valence-electron chi connectivity index (χ3n) is 3.50. The Hall–Kier alpha value is -3.48. The molecule has 0 aliphatic heterocycles. The highest BCUT2D eigenvalue weighted by molar-refractivity contribution is 5.94. The highest BCUT2D eigenvalue weighted by atomic mass is 16.4. The van der Waals surface area contributed by atoms with Gasteiger partial charge in [-0.2, -0.15) is 0 Å². The fourth-order valence-electron chi connectivity index (χ4n) is 2.24. The molecule has 0 radical (unpaired) electrons. The zero-order valence-corrected chi connectivity index (χ0v) is 13.3. The molecule has 0 aliphatic rings. The number of hydrogen-bond donors (Lipinski definition) is 2. The third kappa shape index (κ3) is 3.72. The molecule has 1 amide bonds. The number of amides is 1. The normalized spacial score (nSPS) is 11.7. The first kappa shape index (κ1) is 16.4. The monoisotopic (exact) mass is 337 g/mol. The molecule has 2 N–H and O–H groups in total. The summed E-state index contributed by atoms with van der Waals surface area (Å²) in [4.78, 5) is 31.2. The van der Waals surface area contributed by atoms with Crippen molar-refractivity contribution in [3.63, 3.8) is 0 Å². The molecule has 7 heteroatoms. The van der Waals surface area contributed by atoms with Gasteiger partial charge in [-0.1, -0.05) is 36.4 Å². The van der Waals surface area contributed by atoms with Gasteiger partial charge in [-0.05, 0) is 19.1 Å². The molecular formula is C18H15N3O4. The van der Waals surface area contributed by atoms with Gasteiger partial charge in [-0.3, -0.25) is 4.79 Å². The number of carbonyl (C=O) groups excluding carboxylic acids is 1. The summed E-state index contributed by atoms with van der Waals surface area (Å²) in [6, 6.07) is 13.2. The standard InChI is InChI=1S/C18H15N3O4/c1-11(17-19-10-15(25-17)12-6-3-2-4-7-12)20-16(22)13-8-5-9-14(21-13)18(23)24/h2-11H,1H3,(H,20,22)(H,23,24). The lowest BCUT2D eigenvalue weighted by atomic mass is 10.2. The molecule has 25 heavy (non-hydrogen) atoms. The van der Waals surface area contributed by atoms with Crippen LogP contribution in [0.1, 0.15) is 39.8 Å². The quantitative estimate of drug-likeness (QED) is 0.741. The average molecular weight is 337 g/mol. The van der Waals surface area contributed by atoms with Crippen LogP contribution in [0.2, 0.25) is 0 Å². The Bertz CT molecular complexity index is 905. The van der Waals surface area contributed by atoms with Crippen LogP contribution in [-0.4, -0.2) is 27.0 Å². The summed E-state index contributed by atoms with van der Waals surface area (Å²) in [7, 11) is 0. The second-order valence-corrected chi connectivity index (χ2v) is 5.34. The number of hydrogen-bond acceptors (Lipinski definition) is 5. The summed E-state index contributed by atoms with van der Waals surface area (Å²) in [5.74, 6) is -0.748. The molecule has 0 saturated carbocycles. The molecule has 0 fully saturated rings. The number of nitrogens with zero attached hydrogens (tertiary/aromatic N) is 2. The molecule has 1 unspecified atom stereocenters. The van der Waals surface area contributed by atoms with Crippen LogP contribution >= 0.6 is 0 Å². The Labute approximate surface area is 143 Å². The first-order valence-corrected chi connectivity index (χ1v) is 7.57. The minimum absolute atomic E-state index is 0.0154. The molecule has 0 saturated heterocycles. The minimum Gasteiger partial charge on any atom is -0.477 e. The summed E-state index contributed by atoms with van der Waals surface area (Å²) in [5, 5.41) is 11.6. The number of aromatic carboxylic acids is 1. The second kappa shape index (κ2) is 6.96. The Kier molecular flexibility index (Phi) is 4.56. The largest absolute Gasteiger partial charge is 0.477 e. The van der Waals surface area contributed by atoms with Gasteiger partial charge in [-0.15, -0.1) is 0 Å². The van der Waals surface area contributed by atoms with Gasteiger partial charge < -0.3 is 14.8 Å². The Morgan fingerprint density at radius 2 is 1.80 bits per heavy atom. The van der Waals surface area contributed by atoms with E-state index in [1.54, 1.807) is 13.1 Å². The van der Waals surface area contributed by atoms with Crippen LogP contribution in [0.4, 0.5) is 0 Å². The number of nitrogens with one attached hydrogen (secondary N) is 1. The average Bonchev–Trinajstić information content (AvgIpc) is 3.13. The van der Waals surface area contributed by atoms with Gasteiger partial charge in [0.15, 0.2) is 5.76 Å². The van der Waals surface area contributed by atoms with Gasteiger partial charge in [0.2, 0.25) is 5.89 Å². The zero-order valence-electron chi connectivity index (χ0n) is 13.3. The van der Waals surface area contributed by atoms with Gasteiger partial charge in [0.05, 0.1) is 6.20 Å². The first-order valence-electron chi connectivity index (χ1n) is 7.57. The third-order valence-corrected chi connectivity index (χ3v) is 3.50. The van der Waals surface area contributed by atoms with Crippen molar-refractivity contribution in [2.45, 2.75) is 13.0 Å². The predicted molar refractivity (Wildman–Crippen MR) is 89.0 cm³/mol. The van der Waals surface area contributed by atoms with E-state index in [1.807, 2.05) is 30.3 Å². The molecular weight excluding hydrogens is 322 g/mol. The number of carboxylic acid groups (broad SMARTS) is 1. The Balaban J connectivity index is 1.73. The number of aromatic nitrogens is 2. The van der Waals surface area contributed by atoms with E-state index in [9.17, 15) is 9.59 Å². The number of rotatable bonds is 5. The maximum absolute atomic E-state index is 12.2. The van der Waals surface area contributed by atoms with Gasteiger partial charge in [-0.25, -0.2) is 14.8 Å². The lowest BCUT2D eigenvalue weighted by Crippen LogP contribution is -2.28. The molecule has 126 valence electrons. The predicted octanol–water partition coefficient (Wildman–Crippen LogP) is 2.93. The maximum atomic E-state index is 12.2. The van der Waals surface area contributed by atoms with E-state index in [2.05, 4.69) is 15.3 Å². The number of carboxylic acids is 1. The van der Waals surface area contributed by atoms with Crippen molar-refractivity contribution < 1.29 is 19.1 Å². The number of carbonyl (C=O) groups is 2. The van der Waals surface area contributed by atoms with Crippen molar-refractivity contribution in [1.29, 1.82) is 0 Å². The summed E-state index contributed by atoms with van der Waals surface area (Å²) in [6.45, 7) is 1.72. The summed E-state index contributed by atoms with van der Waals surface area (Å²) >= 11 is 0. The van der Waals surface area contributed by atoms with Gasteiger partial charge >= 0.3 is 5.97 Å². The van der Waals surface area contributed by atoms with Gasteiger partial charge in [0, 0.05) is 5.56 Å². The van der Waals surface area contributed by atoms with E-state index in [1.165, 1.54) is 18.2 Å². The summed E-state index contributed by atoms with van der Waals surface area (Å²) in [5.41, 5.74) is 0.708. The van der Waals surface area contributed by atoms with Crippen molar-refractivity contribution in [3.8, 4) is 11.3 Å². The zero-order chi connectivity index (χ0) is 17.8. The fourth-order valence-corrected chi connectivity index (χ4v) is 2.24. The van der Waals surface area contributed by atoms with Crippen molar-refractivity contribution in [2.75, 3.05) is 0 Å². The molecule has 0 aliphatic carbocycles. The van der Waals surface area contributed by atoms with Crippen molar-refractivity contribution in [3.05, 3.63) is 72.0 Å². The lowest BCUT2D eigenvalue weighted by molar-refractivity contribution is 0.0690. The smallest absolute Gasteiger partial charge is 0.354 e. The Morgan fingerprint density at radius 1 is 1.08 bits per heavy atom. The molecule has 3 rings (SSSR count). The van der Waals surface area contributed by atoms with Crippen LogP contribution in [-0.2, 0) is 0 Å². The van der Waals surface area contributed by atoms with Crippen molar-refractivity contribution in [2.24, 2.45) is 0 Å². The second-order valence-electron chi connectivity index (χ2n) is 5.34. The molecule has 0 bridgehead atoms. The molecule has 3 aromatic rings. The fraction of sp³-hybridized carbons (Fsp3) is 0.111. The highest BCUT2D eigenvalue weighted by Crippen LogP contribution is 2.22. The van der Waals surface area contributed by atoms with E-state index >= 15 is 0 Å². The van der Waals surface area contributed by atoms with Crippen LogP contribution in [0.5, 0.6) is 0 Å². The molecule has 1 atom stereocenters.